The van der Waals surface area contributed by atoms with Gasteiger partial charge in [-0.15, -0.1) is 0 Å². The van der Waals surface area contributed by atoms with Gasteiger partial charge in [0.25, 0.3) is 5.56 Å². The Labute approximate surface area is 159 Å². The van der Waals surface area contributed by atoms with Crippen molar-refractivity contribution in [2.75, 3.05) is 18.9 Å². The number of aromatic amines is 1. The number of halogens is 2. The molecule has 0 saturated heterocycles. The van der Waals surface area contributed by atoms with Crippen molar-refractivity contribution in [3.05, 3.63) is 68.7 Å². The van der Waals surface area contributed by atoms with Crippen molar-refractivity contribution < 1.29 is 4.79 Å². The Balaban J connectivity index is 1.68. The van der Waals surface area contributed by atoms with Gasteiger partial charge in [-0.25, -0.2) is 4.98 Å². The summed E-state index contributed by atoms with van der Waals surface area (Å²) in [5.41, 5.74) is 0.796. The van der Waals surface area contributed by atoms with Gasteiger partial charge in [0.1, 0.15) is 5.82 Å². The predicted molar refractivity (Wildman–Crippen MR) is 104 cm³/mol. The number of nitrogens with zero attached hydrogens (tertiary/aromatic N) is 2. The molecule has 0 spiro atoms. The second-order valence-corrected chi connectivity index (χ2v) is 6.66. The fourth-order valence-corrected chi connectivity index (χ4v) is 3.05. The van der Waals surface area contributed by atoms with Gasteiger partial charge in [-0.05, 0) is 31.3 Å². The van der Waals surface area contributed by atoms with Crippen LogP contribution in [0, 0.1) is 0 Å². The maximum absolute atomic E-state index is 12.2. The van der Waals surface area contributed by atoms with E-state index in [0.29, 0.717) is 39.0 Å². The molecule has 0 bridgehead atoms. The van der Waals surface area contributed by atoms with Crippen molar-refractivity contribution in [1.29, 1.82) is 0 Å². The van der Waals surface area contributed by atoms with Crippen molar-refractivity contribution in [2.45, 2.75) is 6.54 Å². The Hall–Kier alpha value is -2.41. The molecule has 2 N–H and O–H groups in total. The Morgan fingerprint density at radius 2 is 1.85 bits per heavy atom. The number of rotatable bonds is 5. The summed E-state index contributed by atoms with van der Waals surface area (Å²) in [4.78, 5) is 33.2. The number of carbonyl (C=O) groups excluding carboxylic acids is 1. The van der Waals surface area contributed by atoms with Crippen LogP contribution in [0.3, 0.4) is 0 Å². The molecule has 1 heterocycles. The largest absolute Gasteiger partial charge is 0.322 e. The lowest BCUT2D eigenvalue weighted by Crippen LogP contribution is -2.31. The summed E-state index contributed by atoms with van der Waals surface area (Å²) in [7, 11) is 1.75. The van der Waals surface area contributed by atoms with E-state index in [1.165, 1.54) is 0 Å². The standard InChI is InChI=1S/C18H16Cl2N4O2/c1-24(10-16(25)23-17-12(19)6-4-7-13(17)20)9-15-21-14-8-3-2-5-11(14)18(26)22-15/h2-8H,9-10H2,1H3,(H,23,25)(H,21,22,26). The molecule has 8 heteroatoms. The lowest BCUT2D eigenvalue weighted by Gasteiger charge is -2.16. The average molecular weight is 391 g/mol. The molecule has 0 fully saturated rings. The first-order chi connectivity index (χ1) is 12.4. The third-order valence-electron chi connectivity index (χ3n) is 3.72. The summed E-state index contributed by atoms with van der Waals surface area (Å²) < 4.78 is 0. The monoisotopic (exact) mass is 390 g/mol. The van der Waals surface area contributed by atoms with Crippen LogP contribution in [0.25, 0.3) is 10.9 Å². The molecule has 2 aromatic carbocycles. The third-order valence-corrected chi connectivity index (χ3v) is 4.35. The SMILES string of the molecule is CN(CC(=O)Nc1c(Cl)cccc1Cl)Cc1nc2ccccc2c(=O)[nH]1. The van der Waals surface area contributed by atoms with Gasteiger partial charge in [-0.2, -0.15) is 0 Å². The number of benzene rings is 2. The molecule has 6 nitrogen and oxygen atoms in total. The lowest BCUT2D eigenvalue weighted by atomic mass is 10.2. The number of fused-ring (bicyclic) bond motifs is 1. The molecule has 134 valence electrons. The fraction of sp³-hybridized carbons (Fsp3) is 0.167. The fourth-order valence-electron chi connectivity index (χ4n) is 2.56. The first-order valence-corrected chi connectivity index (χ1v) is 8.60. The van der Waals surface area contributed by atoms with Crippen LogP contribution in [-0.4, -0.2) is 34.4 Å². The number of anilines is 1. The minimum absolute atomic E-state index is 0.0814. The summed E-state index contributed by atoms with van der Waals surface area (Å²) in [6, 6.07) is 12.1. The highest BCUT2D eigenvalue weighted by Crippen LogP contribution is 2.29. The van der Waals surface area contributed by atoms with Gasteiger partial charge < -0.3 is 10.3 Å². The summed E-state index contributed by atoms with van der Waals surface area (Å²) in [5, 5.41) is 3.97. The van der Waals surface area contributed by atoms with Crippen molar-refractivity contribution in [3.63, 3.8) is 0 Å². The van der Waals surface area contributed by atoms with Crippen molar-refractivity contribution in [2.24, 2.45) is 0 Å². The van der Waals surface area contributed by atoms with Crippen LogP contribution in [0.5, 0.6) is 0 Å². The molecule has 0 radical (unpaired) electrons. The van der Waals surface area contributed by atoms with Crippen molar-refractivity contribution in [3.8, 4) is 0 Å². The van der Waals surface area contributed by atoms with Crippen molar-refractivity contribution >= 4 is 45.7 Å². The summed E-state index contributed by atoms with van der Waals surface area (Å²) >= 11 is 12.1. The Morgan fingerprint density at radius 1 is 1.15 bits per heavy atom. The van der Waals surface area contributed by atoms with E-state index >= 15 is 0 Å². The first-order valence-electron chi connectivity index (χ1n) is 7.84. The Kier molecular flexibility index (Phi) is 5.56. The lowest BCUT2D eigenvalue weighted by molar-refractivity contribution is -0.117. The highest BCUT2D eigenvalue weighted by molar-refractivity contribution is 6.39. The number of likely N-dealkylation sites (N-methyl/N-ethyl adjacent to an activating group) is 1. The van der Waals surface area contributed by atoms with Gasteiger partial charge in [0.05, 0.1) is 39.7 Å². The Morgan fingerprint density at radius 3 is 2.58 bits per heavy atom. The number of hydrogen-bond acceptors (Lipinski definition) is 4. The highest BCUT2D eigenvalue weighted by atomic mass is 35.5. The molecule has 0 aliphatic rings. The number of para-hydroxylation sites is 2. The number of amides is 1. The Bertz CT molecular complexity index is 999. The summed E-state index contributed by atoms with van der Waals surface area (Å²) in [6.07, 6.45) is 0. The minimum Gasteiger partial charge on any atom is -0.322 e. The maximum Gasteiger partial charge on any atom is 0.258 e. The normalized spacial score (nSPS) is 11.1. The predicted octanol–water partition coefficient (Wildman–Crippen LogP) is 3.30. The van der Waals surface area contributed by atoms with Crippen LogP contribution in [0.2, 0.25) is 10.0 Å². The van der Waals surface area contributed by atoms with Gasteiger partial charge in [-0.1, -0.05) is 41.4 Å². The molecule has 0 saturated carbocycles. The second-order valence-electron chi connectivity index (χ2n) is 5.85. The molecular formula is C18H16Cl2N4O2. The summed E-state index contributed by atoms with van der Waals surface area (Å²) in [6.45, 7) is 0.391. The van der Waals surface area contributed by atoms with Gasteiger partial charge in [-0.3, -0.25) is 14.5 Å². The topological polar surface area (TPSA) is 78.1 Å². The zero-order valence-corrected chi connectivity index (χ0v) is 15.4. The van der Waals surface area contributed by atoms with Crippen LogP contribution in [0.15, 0.2) is 47.3 Å². The average Bonchev–Trinajstić information content (AvgIpc) is 2.58. The van der Waals surface area contributed by atoms with Gasteiger partial charge in [0, 0.05) is 0 Å². The van der Waals surface area contributed by atoms with Crippen molar-refractivity contribution in [1.82, 2.24) is 14.9 Å². The number of nitrogens with one attached hydrogen (secondary N) is 2. The smallest absolute Gasteiger partial charge is 0.258 e. The van der Waals surface area contributed by atoms with Crippen LogP contribution in [0.4, 0.5) is 5.69 Å². The van der Waals surface area contributed by atoms with Gasteiger partial charge in [0.15, 0.2) is 0 Å². The second kappa shape index (κ2) is 7.86. The molecule has 1 amide bonds. The minimum atomic E-state index is -0.273. The van der Waals surface area contributed by atoms with Crippen LogP contribution in [-0.2, 0) is 11.3 Å². The number of aromatic nitrogens is 2. The van der Waals surface area contributed by atoms with Crippen LogP contribution in [0.1, 0.15) is 5.82 Å². The van der Waals surface area contributed by atoms with E-state index in [-0.39, 0.29) is 18.0 Å². The van der Waals surface area contributed by atoms with Gasteiger partial charge >= 0.3 is 0 Å². The summed E-state index contributed by atoms with van der Waals surface area (Å²) in [5.74, 6) is 0.213. The molecule has 0 unspecified atom stereocenters. The maximum atomic E-state index is 12.2. The van der Waals surface area contributed by atoms with E-state index in [1.807, 2.05) is 6.07 Å². The van der Waals surface area contributed by atoms with E-state index < -0.39 is 0 Å². The van der Waals surface area contributed by atoms with E-state index in [9.17, 15) is 9.59 Å². The molecule has 0 aliphatic carbocycles. The molecule has 0 atom stereocenters. The zero-order chi connectivity index (χ0) is 18.7. The van der Waals surface area contributed by atoms with E-state index in [1.54, 1.807) is 48.3 Å². The van der Waals surface area contributed by atoms with E-state index in [0.717, 1.165) is 0 Å². The molecule has 0 aliphatic heterocycles. The van der Waals surface area contributed by atoms with Crippen LogP contribution < -0.4 is 10.9 Å². The number of hydrogen-bond donors (Lipinski definition) is 2. The first kappa shape index (κ1) is 18.4. The molecular weight excluding hydrogens is 375 g/mol. The third kappa shape index (κ3) is 4.22. The van der Waals surface area contributed by atoms with Gasteiger partial charge in [0.2, 0.25) is 5.91 Å². The molecule has 1 aromatic heterocycles. The van der Waals surface area contributed by atoms with E-state index in [2.05, 4.69) is 15.3 Å². The van der Waals surface area contributed by atoms with E-state index in [4.69, 9.17) is 23.2 Å². The highest BCUT2D eigenvalue weighted by Gasteiger charge is 2.13. The number of carbonyl (C=O) groups is 1. The zero-order valence-electron chi connectivity index (χ0n) is 13.9. The van der Waals surface area contributed by atoms with Crippen LogP contribution >= 0.6 is 23.2 Å². The number of H-pyrrole nitrogens is 1. The molecule has 3 rings (SSSR count). The molecule has 26 heavy (non-hydrogen) atoms. The quantitative estimate of drug-likeness (QED) is 0.700. The molecule has 3 aromatic rings.